The summed E-state index contributed by atoms with van der Waals surface area (Å²) < 4.78 is 5.41. The van der Waals surface area contributed by atoms with Crippen molar-refractivity contribution >= 4 is 11.5 Å². The van der Waals surface area contributed by atoms with Crippen molar-refractivity contribution in [1.82, 2.24) is 14.9 Å². The molecular formula is C13H23N5O. The van der Waals surface area contributed by atoms with Gasteiger partial charge in [-0.25, -0.2) is 4.98 Å². The topological polar surface area (TPSA) is 67.5 Å². The zero-order chi connectivity index (χ0) is 13.7. The summed E-state index contributed by atoms with van der Waals surface area (Å²) in [6.07, 6.45) is 2.72. The van der Waals surface area contributed by atoms with E-state index >= 15 is 0 Å². The molecule has 1 aliphatic heterocycles. The molecule has 0 unspecified atom stereocenters. The molecule has 2 heterocycles. The summed E-state index contributed by atoms with van der Waals surface area (Å²) in [5.41, 5.74) is 6.64. The molecule has 1 aromatic rings. The zero-order valence-corrected chi connectivity index (χ0v) is 11.8. The van der Waals surface area contributed by atoms with Gasteiger partial charge in [-0.15, -0.1) is 0 Å². The molecule has 0 amide bonds. The molecule has 106 valence electrons. The highest BCUT2D eigenvalue weighted by Gasteiger charge is 2.21. The number of hydrogen-bond donors (Lipinski definition) is 1. The Morgan fingerprint density at radius 2 is 1.95 bits per heavy atom. The normalized spacial score (nSPS) is 16.6. The lowest BCUT2D eigenvalue weighted by Crippen LogP contribution is -2.47. The van der Waals surface area contributed by atoms with Gasteiger partial charge in [-0.2, -0.15) is 4.98 Å². The number of nitrogens with two attached hydrogens (primary N) is 1. The number of aromatic nitrogens is 2. The van der Waals surface area contributed by atoms with E-state index in [1.54, 1.807) is 0 Å². The average molecular weight is 265 g/mol. The number of anilines is 2. The smallest absolute Gasteiger partial charge is 0.242 e. The predicted octanol–water partition coefficient (Wildman–Crippen LogP) is 0.990. The van der Waals surface area contributed by atoms with Crippen LogP contribution in [0.4, 0.5) is 11.5 Å². The van der Waals surface area contributed by atoms with Gasteiger partial charge < -0.3 is 15.4 Å². The number of nitrogen functional groups attached to an aromatic ring is 1. The van der Waals surface area contributed by atoms with E-state index in [-0.39, 0.29) is 0 Å². The molecule has 2 N–H and O–H groups in total. The largest absolute Gasteiger partial charge is 0.476 e. The van der Waals surface area contributed by atoms with E-state index in [9.17, 15) is 0 Å². The SMILES string of the molecule is CCCN1CCN(c2ncnc(OCC)c2N)CC1. The van der Waals surface area contributed by atoms with Crippen LogP contribution < -0.4 is 15.4 Å². The van der Waals surface area contributed by atoms with Crippen molar-refractivity contribution in [3.05, 3.63) is 6.33 Å². The van der Waals surface area contributed by atoms with Gasteiger partial charge in [0.25, 0.3) is 0 Å². The summed E-state index contributed by atoms with van der Waals surface area (Å²) in [6.45, 7) is 9.87. The molecule has 0 saturated carbocycles. The molecule has 6 heteroatoms. The van der Waals surface area contributed by atoms with Crippen molar-refractivity contribution in [3.8, 4) is 5.88 Å². The molecular weight excluding hydrogens is 242 g/mol. The molecule has 2 rings (SSSR count). The summed E-state index contributed by atoms with van der Waals surface area (Å²) in [4.78, 5) is 13.1. The van der Waals surface area contributed by atoms with Crippen LogP contribution in [-0.4, -0.2) is 54.2 Å². The Labute approximate surface area is 114 Å². The van der Waals surface area contributed by atoms with Crippen molar-refractivity contribution in [3.63, 3.8) is 0 Å². The van der Waals surface area contributed by atoms with Crippen molar-refractivity contribution in [2.24, 2.45) is 0 Å². The maximum absolute atomic E-state index is 6.09. The fraction of sp³-hybridized carbons (Fsp3) is 0.692. The molecule has 0 aliphatic carbocycles. The first-order valence-corrected chi connectivity index (χ1v) is 6.96. The van der Waals surface area contributed by atoms with Gasteiger partial charge >= 0.3 is 0 Å². The lowest BCUT2D eigenvalue weighted by molar-refractivity contribution is 0.258. The number of ether oxygens (including phenoxy) is 1. The van der Waals surface area contributed by atoms with E-state index in [2.05, 4.69) is 26.7 Å². The average Bonchev–Trinajstić information content (AvgIpc) is 2.43. The summed E-state index contributed by atoms with van der Waals surface area (Å²) in [5, 5.41) is 0. The minimum absolute atomic E-state index is 0.489. The highest BCUT2D eigenvalue weighted by Crippen LogP contribution is 2.28. The predicted molar refractivity (Wildman–Crippen MR) is 76.6 cm³/mol. The second-order valence-corrected chi connectivity index (χ2v) is 4.68. The first-order valence-electron chi connectivity index (χ1n) is 6.96. The summed E-state index contributed by atoms with van der Waals surface area (Å²) in [6, 6.07) is 0. The molecule has 0 radical (unpaired) electrons. The first kappa shape index (κ1) is 13.9. The lowest BCUT2D eigenvalue weighted by Gasteiger charge is -2.35. The number of nitrogens with zero attached hydrogens (tertiary/aromatic N) is 4. The molecule has 0 atom stereocenters. The Morgan fingerprint density at radius 1 is 1.21 bits per heavy atom. The second-order valence-electron chi connectivity index (χ2n) is 4.68. The Balaban J connectivity index is 2.05. The molecule has 1 saturated heterocycles. The third kappa shape index (κ3) is 3.26. The highest BCUT2D eigenvalue weighted by atomic mass is 16.5. The maximum atomic E-state index is 6.09. The lowest BCUT2D eigenvalue weighted by atomic mass is 10.3. The number of piperazine rings is 1. The summed E-state index contributed by atoms with van der Waals surface area (Å²) in [7, 11) is 0. The van der Waals surface area contributed by atoms with Crippen LogP contribution in [0.2, 0.25) is 0 Å². The fourth-order valence-electron chi connectivity index (χ4n) is 2.37. The molecule has 1 aromatic heterocycles. The molecule has 0 spiro atoms. The van der Waals surface area contributed by atoms with Gasteiger partial charge in [0.1, 0.15) is 12.0 Å². The van der Waals surface area contributed by atoms with E-state index < -0.39 is 0 Å². The van der Waals surface area contributed by atoms with Crippen LogP contribution in [0.1, 0.15) is 20.3 Å². The molecule has 19 heavy (non-hydrogen) atoms. The van der Waals surface area contributed by atoms with Gasteiger partial charge in [0.2, 0.25) is 5.88 Å². The molecule has 1 aliphatic rings. The van der Waals surface area contributed by atoms with E-state index in [0.717, 1.165) is 38.5 Å². The zero-order valence-electron chi connectivity index (χ0n) is 11.8. The van der Waals surface area contributed by atoms with Gasteiger partial charge in [0.05, 0.1) is 6.61 Å². The van der Waals surface area contributed by atoms with E-state index in [1.165, 1.54) is 12.7 Å². The number of hydrogen-bond acceptors (Lipinski definition) is 6. The van der Waals surface area contributed by atoms with E-state index in [4.69, 9.17) is 10.5 Å². The minimum atomic E-state index is 0.489. The van der Waals surface area contributed by atoms with Gasteiger partial charge in [-0.3, -0.25) is 4.90 Å². The van der Waals surface area contributed by atoms with Crippen molar-refractivity contribution in [1.29, 1.82) is 0 Å². The molecule has 6 nitrogen and oxygen atoms in total. The first-order chi connectivity index (χ1) is 9.26. The second kappa shape index (κ2) is 6.56. The van der Waals surface area contributed by atoms with Gasteiger partial charge in [0, 0.05) is 26.2 Å². The van der Waals surface area contributed by atoms with Crippen LogP contribution in [0.15, 0.2) is 6.33 Å². The van der Waals surface area contributed by atoms with Crippen molar-refractivity contribution < 1.29 is 4.74 Å². The van der Waals surface area contributed by atoms with Crippen LogP contribution in [-0.2, 0) is 0 Å². The minimum Gasteiger partial charge on any atom is -0.476 e. The third-order valence-electron chi connectivity index (χ3n) is 3.32. The third-order valence-corrected chi connectivity index (χ3v) is 3.32. The van der Waals surface area contributed by atoms with Crippen LogP contribution in [0.5, 0.6) is 5.88 Å². The van der Waals surface area contributed by atoms with Gasteiger partial charge in [-0.1, -0.05) is 6.92 Å². The van der Waals surface area contributed by atoms with Crippen LogP contribution in [0, 0.1) is 0 Å². The standard InChI is InChI=1S/C13H23N5O/c1-3-5-17-6-8-18(9-7-17)12-11(14)13(19-4-2)16-10-15-12/h10H,3-9,14H2,1-2H3. The van der Waals surface area contributed by atoms with Gasteiger partial charge in [0.15, 0.2) is 5.82 Å². The van der Waals surface area contributed by atoms with Crippen LogP contribution in [0.3, 0.4) is 0 Å². The van der Waals surface area contributed by atoms with Crippen LogP contribution in [0.25, 0.3) is 0 Å². The molecule has 1 fully saturated rings. The quantitative estimate of drug-likeness (QED) is 0.856. The Hall–Kier alpha value is -1.56. The van der Waals surface area contributed by atoms with Crippen molar-refractivity contribution in [2.45, 2.75) is 20.3 Å². The summed E-state index contributed by atoms with van der Waals surface area (Å²) >= 11 is 0. The highest BCUT2D eigenvalue weighted by molar-refractivity contribution is 5.67. The fourth-order valence-corrected chi connectivity index (χ4v) is 2.37. The van der Waals surface area contributed by atoms with E-state index in [1.807, 2.05) is 6.92 Å². The number of rotatable bonds is 5. The Kier molecular flexibility index (Phi) is 4.79. The van der Waals surface area contributed by atoms with Crippen molar-refractivity contribution in [2.75, 3.05) is 50.0 Å². The maximum Gasteiger partial charge on any atom is 0.242 e. The van der Waals surface area contributed by atoms with E-state index in [0.29, 0.717) is 18.2 Å². The van der Waals surface area contributed by atoms with Crippen LogP contribution >= 0.6 is 0 Å². The molecule has 0 bridgehead atoms. The van der Waals surface area contributed by atoms with Gasteiger partial charge in [-0.05, 0) is 19.9 Å². The molecule has 0 aromatic carbocycles. The Morgan fingerprint density at radius 3 is 2.58 bits per heavy atom. The summed E-state index contributed by atoms with van der Waals surface area (Å²) in [5.74, 6) is 1.29. The Bertz CT molecular complexity index is 404. The monoisotopic (exact) mass is 265 g/mol.